The van der Waals surface area contributed by atoms with Gasteiger partial charge >= 0.3 is 0 Å². The zero-order valence-corrected chi connectivity index (χ0v) is 9.43. The Balaban J connectivity index is 0.000000330. The molecule has 0 saturated carbocycles. The molecular formula is C16H13N. The second kappa shape index (κ2) is 6.05. The van der Waals surface area contributed by atoms with E-state index in [1.165, 1.54) is 21.8 Å². The highest BCUT2D eigenvalue weighted by Gasteiger charge is 2.00. The Bertz CT molecular complexity index is 585. The van der Waals surface area contributed by atoms with Gasteiger partial charge in [-0.2, -0.15) is 0 Å². The zero-order valence-electron chi connectivity index (χ0n) is 9.43. The molecule has 0 radical (unpaired) electrons. The summed E-state index contributed by atoms with van der Waals surface area (Å²) in [4.78, 5) is 3.38. The number of aromatic amines is 1. The first-order valence-electron chi connectivity index (χ1n) is 5.07. The summed E-state index contributed by atoms with van der Waals surface area (Å²) in [6, 6.07) is 16.8. The molecule has 0 bridgehead atoms. The SMILES string of the molecule is C#C.C#C.c1ccc2c(c1)[nH]c1ccccc12. The van der Waals surface area contributed by atoms with E-state index in [4.69, 9.17) is 0 Å². The zero-order chi connectivity index (χ0) is 12.7. The molecule has 0 fully saturated rings. The molecule has 0 aliphatic rings. The lowest BCUT2D eigenvalue weighted by atomic mass is 10.2. The minimum absolute atomic E-state index is 1.21. The van der Waals surface area contributed by atoms with Crippen molar-refractivity contribution in [2.24, 2.45) is 0 Å². The largest absolute Gasteiger partial charge is 0.355 e. The van der Waals surface area contributed by atoms with Crippen molar-refractivity contribution in [1.82, 2.24) is 4.98 Å². The van der Waals surface area contributed by atoms with Crippen LogP contribution in [0.15, 0.2) is 48.5 Å². The van der Waals surface area contributed by atoms with Crippen LogP contribution >= 0.6 is 0 Å². The second-order valence-electron chi connectivity index (χ2n) is 3.22. The third-order valence-corrected chi connectivity index (χ3v) is 2.41. The fourth-order valence-corrected chi connectivity index (χ4v) is 1.80. The van der Waals surface area contributed by atoms with Crippen molar-refractivity contribution in [3.63, 3.8) is 0 Å². The van der Waals surface area contributed by atoms with Gasteiger partial charge in [-0.3, -0.25) is 0 Å². The Hall–Kier alpha value is -2.64. The number of hydrogen-bond donors (Lipinski definition) is 1. The van der Waals surface area contributed by atoms with Gasteiger partial charge in [-0.1, -0.05) is 36.4 Å². The Morgan fingerprint density at radius 3 is 1.35 bits per heavy atom. The van der Waals surface area contributed by atoms with E-state index >= 15 is 0 Å². The number of nitrogens with one attached hydrogen (secondary N) is 1. The van der Waals surface area contributed by atoms with Crippen molar-refractivity contribution >= 4 is 21.8 Å². The highest BCUT2D eigenvalue weighted by molar-refractivity contribution is 6.06. The molecule has 82 valence electrons. The first kappa shape index (κ1) is 12.4. The summed E-state index contributed by atoms with van der Waals surface area (Å²) >= 11 is 0. The van der Waals surface area contributed by atoms with E-state index in [0.29, 0.717) is 0 Å². The lowest BCUT2D eigenvalue weighted by Crippen LogP contribution is -1.62. The molecule has 0 spiro atoms. The minimum atomic E-state index is 1.21. The molecule has 0 amide bonds. The lowest BCUT2D eigenvalue weighted by Gasteiger charge is -1.87. The van der Waals surface area contributed by atoms with Crippen LogP contribution in [0.1, 0.15) is 0 Å². The Labute approximate surface area is 101 Å². The number of para-hydroxylation sites is 2. The molecule has 0 aliphatic carbocycles. The van der Waals surface area contributed by atoms with Crippen LogP contribution in [0, 0.1) is 25.7 Å². The minimum Gasteiger partial charge on any atom is -0.355 e. The van der Waals surface area contributed by atoms with E-state index in [1.807, 2.05) is 0 Å². The fourth-order valence-electron chi connectivity index (χ4n) is 1.80. The average molecular weight is 219 g/mol. The molecule has 1 N–H and O–H groups in total. The van der Waals surface area contributed by atoms with E-state index in [9.17, 15) is 0 Å². The van der Waals surface area contributed by atoms with Crippen molar-refractivity contribution in [3.05, 3.63) is 48.5 Å². The summed E-state index contributed by atoms with van der Waals surface area (Å²) < 4.78 is 0. The number of H-pyrrole nitrogens is 1. The van der Waals surface area contributed by atoms with Gasteiger partial charge in [-0.25, -0.2) is 0 Å². The van der Waals surface area contributed by atoms with E-state index < -0.39 is 0 Å². The summed E-state index contributed by atoms with van der Waals surface area (Å²) in [5, 5.41) is 2.61. The molecule has 0 atom stereocenters. The van der Waals surface area contributed by atoms with Crippen LogP contribution < -0.4 is 0 Å². The number of aromatic nitrogens is 1. The highest BCUT2D eigenvalue weighted by atomic mass is 14.7. The third-order valence-electron chi connectivity index (χ3n) is 2.41. The first-order chi connectivity index (χ1) is 8.45. The van der Waals surface area contributed by atoms with E-state index in [-0.39, 0.29) is 0 Å². The van der Waals surface area contributed by atoms with Gasteiger partial charge in [0.05, 0.1) is 0 Å². The molecule has 0 aliphatic heterocycles. The van der Waals surface area contributed by atoms with Crippen molar-refractivity contribution in [1.29, 1.82) is 0 Å². The van der Waals surface area contributed by atoms with Crippen LogP contribution in [0.2, 0.25) is 0 Å². The molecule has 1 aromatic heterocycles. The van der Waals surface area contributed by atoms with E-state index in [0.717, 1.165) is 0 Å². The van der Waals surface area contributed by atoms with Gasteiger partial charge in [0.25, 0.3) is 0 Å². The molecular weight excluding hydrogens is 206 g/mol. The van der Waals surface area contributed by atoms with Gasteiger partial charge in [0.2, 0.25) is 0 Å². The topological polar surface area (TPSA) is 15.8 Å². The number of benzene rings is 2. The summed E-state index contributed by atoms with van der Waals surface area (Å²) in [6.07, 6.45) is 16.0. The summed E-state index contributed by atoms with van der Waals surface area (Å²) in [6.45, 7) is 0. The molecule has 0 unspecified atom stereocenters. The number of hydrogen-bond acceptors (Lipinski definition) is 0. The summed E-state index contributed by atoms with van der Waals surface area (Å²) in [5.74, 6) is 0. The molecule has 3 aromatic rings. The normalized spacial score (nSPS) is 8.71. The van der Waals surface area contributed by atoms with Crippen molar-refractivity contribution in [2.75, 3.05) is 0 Å². The molecule has 3 rings (SSSR count). The second-order valence-corrected chi connectivity index (χ2v) is 3.22. The van der Waals surface area contributed by atoms with Crippen LogP contribution in [0.25, 0.3) is 21.8 Å². The van der Waals surface area contributed by atoms with Gasteiger partial charge in [0, 0.05) is 21.8 Å². The lowest BCUT2D eigenvalue weighted by molar-refractivity contribution is 1.55. The molecule has 2 aromatic carbocycles. The predicted molar refractivity (Wildman–Crippen MR) is 75.6 cm³/mol. The molecule has 1 heteroatoms. The maximum Gasteiger partial charge on any atom is 0.0464 e. The predicted octanol–water partition coefficient (Wildman–Crippen LogP) is 3.82. The van der Waals surface area contributed by atoms with Crippen LogP contribution in [0.4, 0.5) is 0 Å². The number of rotatable bonds is 0. The molecule has 0 saturated heterocycles. The fraction of sp³-hybridized carbons (Fsp3) is 0. The molecule has 1 heterocycles. The van der Waals surface area contributed by atoms with Gasteiger partial charge in [-0.05, 0) is 12.1 Å². The Kier molecular flexibility index (Phi) is 4.43. The van der Waals surface area contributed by atoms with Crippen LogP contribution in [0.3, 0.4) is 0 Å². The average Bonchev–Trinajstić information content (AvgIpc) is 2.82. The van der Waals surface area contributed by atoms with Crippen LogP contribution in [0.5, 0.6) is 0 Å². The maximum atomic E-state index is 4.00. The van der Waals surface area contributed by atoms with Crippen molar-refractivity contribution in [3.8, 4) is 25.7 Å². The molecule has 1 nitrogen and oxygen atoms in total. The van der Waals surface area contributed by atoms with Crippen molar-refractivity contribution < 1.29 is 0 Å². The number of fused-ring (bicyclic) bond motifs is 3. The van der Waals surface area contributed by atoms with Gasteiger partial charge < -0.3 is 4.98 Å². The monoisotopic (exact) mass is 219 g/mol. The van der Waals surface area contributed by atoms with Gasteiger partial charge in [0.15, 0.2) is 0 Å². The third kappa shape index (κ3) is 2.30. The Morgan fingerprint density at radius 2 is 0.941 bits per heavy atom. The Morgan fingerprint density at radius 1 is 0.588 bits per heavy atom. The van der Waals surface area contributed by atoms with Gasteiger partial charge in [0.1, 0.15) is 0 Å². The molecule has 17 heavy (non-hydrogen) atoms. The standard InChI is InChI=1S/C12H9N.2C2H2/c1-3-7-11-9(5-1)10-6-2-4-8-12(10)13-11;2*1-2/h1-8,13H;2*1-2H. The van der Waals surface area contributed by atoms with E-state index in [2.05, 4.69) is 79.2 Å². The van der Waals surface area contributed by atoms with Crippen LogP contribution in [-0.2, 0) is 0 Å². The first-order valence-corrected chi connectivity index (χ1v) is 5.07. The van der Waals surface area contributed by atoms with Crippen molar-refractivity contribution in [2.45, 2.75) is 0 Å². The van der Waals surface area contributed by atoms with E-state index in [1.54, 1.807) is 0 Å². The smallest absolute Gasteiger partial charge is 0.0464 e. The highest BCUT2D eigenvalue weighted by Crippen LogP contribution is 2.24. The summed E-state index contributed by atoms with van der Waals surface area (Å²) in [7, 11) is 0. The maximum absolute atomic E-state index is 4.00. The quantitative estimate of drug-likeness (QED) is 0.553. The van der Waals surface area contributed by atoms with Crippen LogP contribution in [-0.4, -0.2) is 4.98 Å². The van der Waals surface area contributed by atoms with Gasteiger partial charge in [-0.15, -0.1) is 25.7 Å². The number of terminal acetylenes is 2. The summed E-state index contributed by atoms with van der Waals surface area (Å²) in [5.41, 5.74) is 2.42.